The van der Waals surface area contributed by atoms with Gasteiger partial charge in [0.05, 0.1) is 6.04 Å². The van der Waals surface area contributed by atoms with Crippen molar-refractivity contribution in [3.8, 4) is 0 Å². The average Bonchev–Trinajstić information content (AvgIpc) is 3.45. The van der Waals surface area contributed by atoms with E-state index >= 15 is 0 Å². The topological polar surface area (TPSA) is 165 Å². The second-order valence-electron chi connectivity index (χ2n) is 8.01. The van der Waals surface area contributed by atoms with Gasteiger partial charge in [-0.1, -0.05) is 0 Å². The molecule has 2 rings (SSSR count). The van der Waals surface area contributed by atoms with Crippen LogP contribution in [0.2, 0.25) is 0 Å². The van der Waals surface area contributed by atoms with Crippen LogP contribution in [0.25, 0.3) is 0 Å². The first-order chi connectivity index (χ1) is 15.2. The van der Waals surface area contributed by atoms with Crippen LogP contribution < -0.4 is 16.0 Å². The number of carbonyl (C=O) groups is 5. The summed E-state index contributed by atoms with van der Waals surface area (Å²) in [7, 11) is 0. The van der Waals surface area contributed by atoms with Crippen LogP contribution in [0.3, 0.4) is 0 Å². The molecule has 0 bridgehead atoms. The normalized spacial score (nSPS) is 22.2. The van der Waals surface area contributed by atoms with Gasteiger partial charge >= 0.3 is 11.9 Å². The first kappa shape index (κ1) is 25.9. The first-order valence-corrected chi connectivity index (χ1v) is 12.2. The average molecular weight is 473 g/mol. The third-order valence-corrected chi connectivity index (χ3v) is 6.35. The number of carbonyl (C=O) groups excluding carboxylic acids is 3. The van der Waals surface area contributed by atoms with Gasteiger partial charge in [0.2, 0.25) is 17.7 Å². The molecule has 11 nitrogen and oxygen atoms in total. The monoisotopic (exact) mass is 472 g/mol. The number of nitrogens with zero attached hydrogens (tertiary/aromatic N) is 1. The fourth-order valence-electron chi connectivity index (χ4n) is 3.97. The minimum absolute atomic E-state index is 0.0943. The quantitative estimate of drug-likeness (QED) is 0.249. The van der Waals surface area contributed by atoms with Crippen molar-refractivity contribution in [2.75, 3.05) is 25.1 Å². The summed E-state index contributed by atoms with van der Waals surface area (Å²) in [5, 5.41) is 26.6. The highest BCUT2D eigenvalue weighted by molar-refractivity contribution is 7.98. The number of carboxylic acid groups (broad SMARTS) is 2. The molecule has 2 heterocycles. The van der Waals surface area contributed by atoms with Gasteiger partial charge in [0.25, 0.3) is 0 Å². The third-order valence-electron chi connectivity index (χ3n) is 5.70. The molecule has 2 saturated heterocycles. The fourth-order valence-corrected chi connectivity index (χ4v) is 4.44. The lowest BCUT2D eigenvalue weighted by Gasteiger charge is -2.30. The van der Waals surface area contributed by atoms with E-state index in [9.17, 15) is 29.1 Å². The number of rotatable bonds is 12. The van der Waals surface area contributed by atoms with E-state index in [1.54, 1.807) is 0 Å². The van der Waals surface area contributed by atoms with E-state index in [0.717, 1.165) is 6.42 Å². The first-order valence-electron chi connectivity index (χ1n) is 10.8. The summed E-state index contributed by atoms with van der Waals surface area (Å²) in [5.41, 5.74) is 0. The van der Waals surface area contributed by atoms with Crippen LogP contribution in [0.1, 0.15) is 44.9 Å². The van der Waals surface area contributed by atoms with Crippen LogP contribution >= 0.6 is 11.8 Å². The van der Waals surface area contributed by atoms with Crippen molar-refractivity contribution in [1.29, 1.82) is 0 Å². The fraction of sp³-hybridized carbons (Fsp3) is 0.750. The smallest absolute Gasteiger partial charge is 0.326 e. The second-order valence-corrected chi connectivity index (χ2v) is 9.00. The van der Waals surface area contributed by atoms with E-state index < -0.39 is 47.9 Å². The highest BCUT2D eigenvalue weighted by atomic mass is 32.2. The third kappa shape index (κ3) is 7.37. The van der Waals surface area contributed by atoms with Gasteiger partial charge in [0.15, 0.2) is 0 Å². The zero-order valence-electron chi connectivity index (χ0n) is 18.2. The van der Waals surface area contributed by atoms with E-state index in [4.69, 9.17) is 5.11 Å². The maximum atomic E-state index is 13.2. The molecule has 0 aromatic rings. The molecule has 2 fully saturated rings. The molecule has 0 aromatic heterocycles. The Labute approximate surface area is 191 Å². The van der Waals surface area contributed by atoms with Crippen LogP contribution in [0.5, 0.6) is 0 Å². The summed E-state index contributed by atoms with van der Waals surface area (Å²) in [6.45, 7) is 0.974. The van der Waals surface area contributed by atoms with E-state index in [2.05, 4.69) is 16.0 Å². The SMILES string of the molecule is CSCCC(NC(=O)C1CCCN1C(=O)C(CCC(=O)O)NC(=O)C1CCCN1)C(=O)O. The Morgan fingerprint density at radius 2 is 1.75 bits per heavy atom. The van der Waals surface area contributed by atoms with Crippen molar-refractivity contribution in [3.63, 3.8) is 0 Å². The molecule has 3 amide bonds. The Morgan fingerprint density at radius 1 is 1.03 bits per heavy atom. The molecule has 180 valence electrons. The summed E-state index contributed by atoms with van der Waals surface area (Å²) < 4.78 is 0. The highest BCUT2D eigenvalue weighted by Crippen LogP contribution is 2.20. The Kier molecular flexibility index (Phi) is 10.2. The van der Waals surface area contributed by atoms with E-state index in [1.165, 1.54) is 16.7 Å². The molecule has 0 saturated carbocycles. The molecular weight excluding hydrogens is 440 g/mol. The number of carboxylic acids is 2. The molecule has 4 atom stereocenters. The Morgan fingerprint density at radius 3 is 2.34 bits per heavy atom. The minimum atomic E-state index is -1.14. The van der Waals surface area contributed by atoms with Gasteiger partial charge in [-0.3, -0.25) is 19.2 Å². The van der Waals surface area contributed by atoms with Crippen molar-refractivity contribution in [2.45, 2.75) is 69.1 Å². The summed E-state index contributed by atoms with van der Waals surface area (Å²) in [6.07, 6.45) is 4.08. The molecule has 4 unspecified atom stereocenters. The lowest BCUT2D eigenvalue weighted by molar-refractivity contribution is -0.145. The maximum Gasteiger partial charge on any atom is 0.326 e. The molecule has 12 heteroatoms. The Bertz CT molecular complexity index is 714. The van der Waals surface area contributed by atoms with Crippen LogP contribution in [0.15, 0.2) is 0 Å². The molecule has 0 spiro atoms. The zero-order chi connectivity index (χ0) is 23.7. The largest absolute Gasteiger partial charge is 0.481 e. The summed E-state index contributed by atoms with van der Waals surface area (Å²) in [6, 6.07) is -3.40. The lowest BCUT2D eigenvalue weighted by Crippen LogP contribution is -2.56. The van der Waals surface area contributed by atoms with Crippen molar-refractivity contribution in [1.82, 2.24) is 20.9 Å². The van der Waals surface area contributed by atoms with Gasteiger partial charge in [0.1, 0.15) is 18.1 Å². The van der Waals surface area contributed by atoms with Crippen molar-refractivity contribution < 1.29 is 34.2 Å². The van der Waals surface area contributed by atoms with Crippen LogP contribution in [-0.2, 0) is 24.0 Å². The molecule has 32 heavy (non-hydrogen) atoms. The molecule has 0 aliphatic carbocycles. The summed E-state index contributed by atoms with van der Waals surface area (Å²) in [5.74, 6) is -3.11. The lowest BCUT2D eigenvalue weighted by atomic mass is 10.1. The van der Waals surface area contributed by atoms with Crippen LogP contribution in [-0.4, -0.2) is 94.0 Å². The molecule has 2 aliphatic rings. The molecule has 5 N–H and O–H groups in total. The van der Waals surface area contributed by atoms with Gasteiger partial charge in [-0.05, 0) is 57.1 Å². The van der Waals surface area contributed by atoms with Crippen molar-refractivity contribution in [3.05, 3.63) is 0 Å². The standard InChI is InChI=1S/C20H32N4O7S/c1-32-11-8-14(20(30)31)23-18(28)15-5-3-10-24(15)19(29)13(6-7-16(25)26)22-17(27)12-4-2-9-21-12/h12-15,21H,2-11H2,1H3,(H,22,27)(H,23,28)(H,25,26)(H,30,31). The minimum Gasteiger partial charge on any atom is -0.481 e. The molecular formula is C20H32N4O7S. The maximum absolute atomic E-state index is 13.2. The number of amides is 3. The number of hydrogen-bond acceptors (Lipinski definition) is 7. The number of hydrogen-bond donors (Lipinski definition) is 5. The van der Waals surface area contributed by atoms with Gasteiger partial charge in [0, 0.05) is 13.0 Å². The number of aliphatic carboxylic acids is 2. The van der Waals surface area contributed by atoms with Crippen molar-refractivity contribution >= 4 is 41.4 Å². The Balaban J connectivity index is 2.08. The van der Waals surface area contributed by atoms with E-state index in [1.807, 2.05) is 6.26 Å². The molecule has 0 aromatic carbocycles. The van der Waals surface area contributed by atoms with E-state index in [-0.39, 0.29) is 31.7 Å². The van der Waals surface area contributed by atoms with Gasteiger partial charge in [-0.2, -0.15) is 11.8 Å². The van der Waals surface area contributed by atoms with Gasteiger partial charge in [-0.25, -0.2) is 4.79 Å². The van der Waals surface area contributed by atoms with Crippen LogP contribution in [0, 0.1) is 0 Å². The second kappa shape index (κ2) is 12.6. The van der Waals surface area contributed by atoms with Crippen LogP contribution in [0.4, 0.5) is 0 Å². The molecule has 2 aliphatic heterocycles. The predicted octanol–water partition coefficient (Wildman–Crippen LogP) is -0.598. The Hall–Kier alpha value is -2.34. The molecule has 0 radical (unpaired) electrons. The number of thioether (sulfide) groups is 1. The summed E-state index contributed by atoms with van der Waals surface area (Å²) in [4.78, 5) is 62.4. The summed E-state index contributed by atoms with van der Waals surface area (Å²) >= 11 is 1.47. The number of nitrogens with one attached hydrogen (secondary N) is 3. The van der Waals surface area contributed by atoms with Crippen molar-refractivity contribution in [2.24, 2.45) is 0 Å². The van der Waals surface area contributed by atoms with Gasteiger partial charge in [-0.15, -0.1) is 0 Å². The number of likely N-dealkylation sites (tertiary alicyclic amines) is 1. The predicted molar refractivity (Wildman–Crippen MR) is 117 cm³/mol. The zero-order valence-corrected chi connectivity index (χ0v) is 19.0. The highest BCUT2D eigenvalue weighted by Gasteiger charge is 2.39. The van der Waals surface area contributed by atoms with E-state index in [0.29, 0.717) is 31.6 Å². The van der Waals surface area contributed by atoms with Gasteiger partial charge < -0.3 is 31.1 Å².